The number of carbonyl (C=O) groups excluding carboxylic acids is 1. The second-order valence-electron chi connectivity index (χ2n) is 5.89. The summed E-state index contributed by atoms with van der Waals surface area (Å²) in [6, 6.07) is 16.1. The largest absolute Gasteiger partial charge is 0.491 e. The van der Waals surface area contributed by atoms with Crippen molar-refractivity contribution in [3.8, 4) is 5.75 Å². The molecule has 1 amide bonds. The van der Waals surface area contributed by atoms with Gasteiger partial charge in [-0.25, -0.2) is 0 Å². The van der Waals surface area contributed by atoms with E-state index in [1.54, 1.807) is 0 Å². The molecule has 0 heterocycles. The van der Waals surface area contributed by atoms with Gasteiger partial charge in [0.1, 0.15) is 12.4 Å². The van der Waals surface area contributed by atoms with E-state index in [4.69, 9.17) is 4.74 Å². The topological polar surface area (TPSA) is 38.3 Å². The standard InChI is InChI=1S/C20H25NO2/c1-4-17-9-11-18(12-10-17)13-20(22)21-16(3)14-23-19-8-6-5-7-15(19)2/h5-12,16H,4,13-14H2,1-3H3,(H,21,22)/t16-/m0/s1. The van der Waals surface area contributed by atoms with Crippen LogP contribution in [0.25, 0.3) is 0 Å². The highest BCUT2D eigenvalue weighted by molar-refractivity contribution is 5.78. The summed E-state index contributed by atoms with van der Waals surface area (Å²) in [5.41, 5.74) is 3.42. The lowest BCUT2D eigenvalue weighted by Gasteiger charge is -2.16. The lowest BCUT2D eigenvalue weighted by Crippen LogP contribution is -2.37. The normalized spacial score (nSPS) is 11.8. The number of aryl methyl sites for hydroxylation is 2. The van der Waals surface area contributed by atoms with Crippen LogP contribution in [0.1, 0.15) is 30.5 Å². The maximum atomic E-state index is 12.1. The third kappa shape index (κ3) is 5.44. The third-order valence-electron chi connectivity index (χ3n) is 3.79. The first-order valence-electron chi connectivity index (χ1n) is 8.14. The lowest BCUT2D eigenvalue weighted by atomic mass is 10.1. The van der Waals surface area contributed by atoms with Gasteiger partial charge in [-0.2, -0.15) is 0 Å². The van der Waals surface area contributed by atoms with Gasteiger partial charge in [-0.3, -0.25) is 4.79 Å². The summed E-state index contributed by atoms with van der Waals surface area (Å²) < 4.78 is 5.77. The van der Waals surface area contributed by atoms with E-state index < -0.39 is 0 Å². The van der Waals surface area contributed by atoms with Gasteiger partial charge in [-0.15, -0.1) is 0 Å². The number of carbonyl (C=O) groups is 1. The number of hydrogen-bond donors (Lipinski definition) is 1. The van der Waals surface area contributed by atoms with Gasteiger partial charge in [0.15, 0.2) is 0 Å². The number of para-hydroxylation sites is 1. The number of ether oxygens (including phenoxy) is 1. The number of rotatable bonds is 7. The smallest absolute Gasteiger partial charge is 0.224 e. The molecule has 0 saturated heterocycles. The Bertz CT molecular complexity index is 634. The fourth-order valence-corrected chi connectivity index (χ4v) is 2.38. The van der Waals surface area contributed by atoms with Crippen molar-refractivity contribution in [3.63, 3.8) is 0 Å². The van der Waals surface area contributed by atoms with Crippen molar-refractivity contribution in [3.05, 3.63) is 65.2 Å². The van der Waals surface area contributed by atoms with Gasteiger partial charge in [0.05, 0.1) is 12.5 Å². The van der Waals surface area contributed by atoms with Gasteiger partial charge in [-0.1, -0.05) is 49.4 Å². The van der Waals surface area contributed by atoms with E-state index in [1.807, 2.05) is 50.2 Å². The Morgan fingerprint density at radius 3 is 2.39 bits per heavy atom. The van der Waals surface area contributed by atoms with Gasteiger partial charge in [0, 0.05) is 0 Å². The molecule has 0 radical (unpaired) electrons. The SMILES string of the molecule is CCc1ccc(CC(=O)N[C@@H](C)COc2ccccc2C)cc1. The molecule has 23 heavy (non-hydrogen) atoms. The average Bonchev–Trinajstić information content (AvgIpc) is 2.54. The zero-order valence-corrected chi connectivity index (χ0v) is 14.1. The molecule has 3 heteroatoms. The average molecular weight is 311 g/mol. The molecule has 122 valence electrons. The van der Waals surface area contributed by atoms with Crippen molar-refractivity contribution in [1.29, 1.82) is 0 Å². The maximum Gasteiger partial charge on any atom is 0.224 e. The van der Waals surface area contributed by atoms with Gasteiger partial charge >= 0.3 is 0 Å². The molecule has 0 bridgehead atoms. The van der Waals surface area contributed by atoms with Crippen molar-refractivity contribution in [2.75, 3.05) is 6.61 Å². The Morgan fingerprint density at radius 2 is 1.74 bits per heavy atom. The summed E-state index contributed by atoms with van der Waals surface area (Å²) in [5, 5.41) is 2.98. The van der Waals surface area contributed by atoms with Crippen LogP contribution < -0.4 is 10.1 Å². The van der Waals surface area contributed by atoms with E-state index in [2.05, 4.69) is 24.4 Å². The van der Waals surface area contributed by atoms with E-state index in [-0.39, 0.29) is 11.9 Å². The molecule has 0 fully saturated rings. The summed E-state index contributed by atoms with van der Waals surface area (Å²) >= 11 is 0. The van der Waals surface area contributed by atoms with Crippen molar-refractivity contribution >= 4 is 5.91 Å². The van der Waals surface area contributed by atoms with Crippen molar-refractivity contribution < 1.29 is 9.53 Å². The van der Waals surface area contributed by atoms with Crippen LogP contribution in [0.5, 0.6) is 5.75 Å². The molecular weight excluding hydrogens is 286 g/mol. The molecule has 0 saturated carbocycles. The number of hydrogen-bond acceptors (Lipinski definition) is 2. The first-order valence-corrected chi connectivity index (χ1v) is 8.14. The number of nitrogens with one attached hydrogen (secondary N) is 1. The van der Waals surface area contributed by atoms with E-state index >= 15 is 0 Å². The summed E-state index contributed by atoms with van der Waals surface area (Å²) in [7, 11) is 0. The highest BCUT2D eigenvalue weighted by atomic mass is 16.5. The second kappa shape index (κ2) is 8.37. The highest BCUT2D eigenvalue weighted by Crippen LogP contribution is 2.16. The van der Waals surface area contributed by atoms with Gasteiger partial charge < -0.3 is 10.1 Å². The fraction of sp³-hybridized carbons (Fsp3) is 0.350. The maximum absolute atomic E-state index is 12.1. The first-order chi connectivity index (χ1) is 11.1. The van der Waals surface area contributed by atoms with Crippen molar-refractivity contribution in [2.24, 2.45) is 0 Å². The van der Waals surface area contributed by atoms with Crippen molar-refractivity contribution in [2.45, 2.75) is 39.7 Å². The second-order valence-corrected chi connectivity index (χ2v) is 5.89. The van der Waals surface area contributed by atoms with Crippen LogP contribution in [-0.2, 0) is 17.6 Å². The number of amides is 1. The molecule has 1 atom stereocenters. The molecule has 0 aromatic heterocycles. The van der Waals surface area contributed by atoms with Crippen LogP contribution in [0.15, 0.2) is 48.5 Å². The molecule has 0 aliphatic rings. The molecule has 0 aliphatic carbocycles. The molecule has 1 N–H and O–H groups in total. The van der Waals surface area contributed by atoms with Gasteiger partial charge in [-0.05, 0) is 43.0 Å². The minimum absolute atomic E-state index is 0.0233. The monoisotopic (exact) mass is 311 g/mol. The Morgan fingerprint density at radius 1 is 1.09 bits per heavy atom. The molecular formula is C20H25NO2. The van der Waals surface area contributed by atoms with E-state index in [0.29, 0.717) is 13.0 Å². The zero-order valence-electron chi connectivity index (χ0n) is 14.1. The summed E-state index contributed by atoms with van der Waals surface area (Å²) in [5.74, 6) is 0.888. The molecule has 0 aliphatic heterocycles. The Balaban J connectivity index is 1.79. The van der Waals surface area contributed by atoms with Crippen LogP contribution in [-0.4, -0.2) is 18.6 Å². The molecule has 2 rings (SSSR count). The lowest BCUT2D eigenvalue weighted by molar-refractivity contribution is -0.121. The minimum Gasteiger partial charge on any atom is -0.491 e. The van der Waals surface area contributed by atoms with Gasteiger partial charge in [0.25, 0.3) is 0 Å². The third-order valence-corrected chi connectivity index (χ3v) is 3.79. The Hall–Kier alpha value is -2.29. The fourth-order valence-electron chi connectivity index (χ4n) is 2.38. The highest BCUT2D eigenvalue weighted by Gasteiger charge is 2.09. The van der Waals surface area contributed by atoms with Crippen LogP contribution in [0.2, 0.25) is 0 Å². The molecule has 0 spiro atoms. The zero-order chi connectivity index (χ0) is 16.7. The minimum atomic E-state index is -0.0305. The van der Waals surface area contributed by atoms with E-state index in [1.165, 1.54) is 5.56 Å². The summed E-state index contributed by atoms with van der Waals surface area (Å²) in [6.07, 6.45) is 1.42. The molecule has 0 unspecified atom stereocenters. The summed E-state index contributed by atoms with van der Waals surface area (Å²) in [4.78, 5) is 12.1. The van der Waals surface area contributed by atoms with Crippen LogP contribution in [0.4, 0.5) is 0 Å². The predicted octanol–water partition coefficient (Wildman–Crippen LogP) is 3.68. The van der Waals surface area contributed by atoms with Crippen LogP contribution in [0, 0.1) is 6.92 Å². The van der Waals surface area contributed by atoms with Crippen LogP contribution in [0.3, 0.4) is 0 Å². The van der Waals surface area contributed by atoms with E-state index in [0.717, 1.165) is 23.3 Å². The van der Waals surface area contributed by atoms with Crippen molar-refractivity contribution in [1.82, 2.24) is 5.32 Å². The Labute approximate surface area is 138 Å². The molecule has 3 nitrogen and oxygen atoms in total. The molecule has 2 aromatic carbocycles. The number of benzene rings is 2. The summed E-state index contributed by atoms with van der Waals surface area (Å²) in [6.45, 7) is 6.55. The Kier molecular flexibility index (Phi) is 6.21. The first kappa shape index (κ1) is 17.1. The molecule has 2 aromatic rings. The van der Waals surface area contributed by atoms with E-state index in [9.17, 15) is 4.79 Å². The van der Waals surface area contributed by atoms with Crippen LogP contribution >= 0.6 is 0 Å². The quantitative estimate of drug-likeness (QED) is 0.847. The van der Waals surface area contributed by atoms with Gasteiger partial charge in [0.2, 0.25) is 5.91 Å². The predicted molar refractivity (Wildman–Crippen MR) is 93.8 cm³/mol.